The zero-order valence-corrected chi connectivity index (χ0v) is 10.6. The number of hydrogen-bond acceptors (Lipinski definition) is 1. The van der Waals surface area contributed by atoms with Gasteiger partial charge in [-0.3, -0.25) is 4.79 Å². The maximum atomic E-state index is 11.7. The van der Waals surface area contributed by atoms with Crippen molar-refractivity contribution in [3.63, 3.8) is 0 Å². The summed E-state index contributed by atoms with van der Waals surface area (Å²) in [6.07, 6.45) is 1.50. The van der Waals surface area contributed by atoms with Crippen LogP contribution in [0.25, 0.3) is 0 Å². The highest BCUT2D eigenvalue weighted by Gasteiger charge is 2.08. The molecule has 0 spiro atoms. The second-order valence-electron chi connectivity index (χ2n) is 3.43. The highest BCUT2D eigenvalue weighted by atomic mass is 79.9. The second-order valence-corrected chi connectivity index (χ2v) is 4.28. The van der Waals surface area contributed by atoms with E-state index >= 15 is 0 Å². The molecule has 0 saturated heterocycles. The van der Waals surface area contributed by atoms with E-state index < -0.39 is 0 Å². The van der Waals surface area contributed by atoms with Crippen molar-refractivity contribution < 1.29 is 4.79 Å². The average Bonchev–Trinajstić information content (AvgIpc) is 2.18. The molecule has 0 bridgehead atoms. The molecule has 1 aromatic rings. The van der Waals surface area contributed by atoms with Crippen LogP contribution in [0.2, 0.25) is 0 Å². The lowest BCUT2D eigenvalue weighted by molar-refractivity contribution is 0.100. The Morgan fingerprint density at radius 3 is 2.73 bits per heavy atom. The van der Waals surface area contributed by atoms with Crippen LogP contribution in [0.4, 0.5) is 0 Å². The standard InChI is InChI=1S/C11H13BrN2O/c1-8-9(5-4-6-10(8)12)11(15)13-7-14(2)3/h4-7H,1-3H3/b13-7-. The fourth-order valence-corrected chi connectivity index (χ4v) is 1.44. The maximum absolute atomic E-state index is 11.7. The van der Waals surface area contributed by atoms with Gasteiger partial charge in [-0.1, -0.05) is 22.0 Å². The third-order valence-electron chi connectivity index (χ3n) is 1.90. The first-order valence-corrected chi connectivity index (χ1v) is 5.31. The number of hydrogen-bond donors (Lipinski definition) is 0. The van der Waals surface area contributed by atoms with E-state index in [0.717, 1.165) is 10.0 Å². The number of nitrogens with zero attached hydrogens (tertiary/aromatic N) is 2. The number of aliphatic imine (C=N–C) groups is 1. The van der Waals surface area contributed by atoms with E-state index in [1.54, 1.807) is 11.0 Å². The summed E-state index contributed by atoms with van der Waals surface area (Å²) in [5.41, 5.74) is 1.54. The SMILES string of the molecule is Cc1c(Br)cccc1C(=O)/N=C\N(C)C. The highest BCUT2D eigenvalue weighted by Crippen LogP contribution is 2.19. The van der Waals surface area contributed by atoms with E-state index in [-0.39, 0.29) is 5.91 Å². The summed E-state index contributed by atoms with van der Waals surface area (Å²) in [6, 6.07) is 5.51. The van der Waals surface area contributed by atoms with Gasteiger partial charge < -0.3 is 4.90 Å². The van der Waals surface area contributed by atoms with E-state index in [9.17, 15) is 4.79 Å². The Morgan fingerprint density at radius 2 is 2.13 bits per heavy atom. The molecule has 0 aromatic heterocycles. The number of halogens is 1. The summed E-state index contributed by atoms with van der Waals surface area (Å²) in [5, 5.41) is 0. The molecule has 1 aromatic carbocycles. The molecule has 0 atom stereocenters. The largest absolute Gasteiger partial charge is 0.369 e. The number of carbonyl (C=O) groups is 1. The first kappa shape index (κ1) is 11.9. The number of benzene rings is 1. The van der Waals surface area contributed by atoms with Crippen LogP contribution in [0, 0.1) is 6.92 Å². The van der Waals surface area contributed by atoms with Gasteiger partial charge in [-0.2, -0.15) is 4.99 Å². The van der Waals surface area contributed by atoms with Crippen molar-refractivity contribution in [2.75, 3.05) is 14.1 Å². The summed E-state index contributed by atoms with van der Waals surface area (Å²) in [7, 11) is 3.65. The summed E-state index contributed by atoms with van der Waals surface area (Å²) >= 11 is 3.38. The highest BCUT2D eigenvalue weighted by molar-refractivity contribution is 9.10. The zero-order valence-electron chi connectivity index (χ0n) is 8.99. The molecular formula is C11H13BrN2O. The van der Waals surface area contributed by atoms with Crippen molar-refractivity contribution >= 4 is 28.2 Å². The molecule has 3 nitrogen and oxygen atoms in total. The molecule has 0 aliphatic rings. The number of amides is 1. The predicted octanol–water partition coefficient (Wildman–Crippen LogP) is 2.49. The molecule has 1 rings (SSSR count). The van der Waals surface area contributed by atoms with Gasteiger partial charge in [0.05, 0.1) is 6.34 Å². The summed E-state index contributed by atoms with van der Waals surface area (Å²) in [6.45, 7) is 1.89. The molecule has 0 heterocycles. The molecule has 15 heavy (non-hydrogen) atoms. The maximum Gasteiger partial charge on any atom is 0.278 e. The van der Waals surface area contributed by atoms with Gasteiger partial charge in [0.2, 0.25) is 0 Å². The number of rotatable bonds is 2. The molecule has 0 aliphatic carbocycles. The van der Waals surface area contributed by atoms with Crippen molar-refractivity contribution in [2.45, 2.75) is 6.92 Å². The minimum atomic E-state index is -0.220. The van der Waals surface area contributed by atoms with Crippen LogP contribution in [0.3, 0.4) is 0 Å². The molecule has 1 amide bonds. The Balaban J connectivity index is 2.97. The molecule has 0 aliphatic heterocycles. The zero-order chi connectivity index (χ0) is 11.4. The molecule has 0 N–H and O–H groups in total. The van der Waals surface area contributed by atoms with Gasteiger partial charge in [0, 0.05) is 24.1 Å². The fraction of sp³-hybridized carbons (Fsp3) is 0.273. The van der Waals surface area contributed by atoms with Crippen LogP contribution in [0.15, 0.2) is 27.7 Å². The Bertz CT molecular complexity index is 400. The van der Waals surface area contributed by atoms with Crippen molar-refractivity contribution in [2.24, 2.45) is 4.99 Å². The monoisotopic (exact) mass is 268 g/mol. The minimum absolute atomic E-state index is 0.220. The van der Waals surface area contributed by atoms with Crippen molar-refractivity contribution in [1.82, 2.24) is 4.90 Å². The Morgan fingerprint density at radius 1 is 1.47 bits per heavy atom. The average molecular weight is 269 g/mol. The van der Waals surface area contributed by atoms with E-state index in [1.807, 2.05) is 33.2 Å². The van der Waals surface area contributed by atoms with Crippen LogP contribution >= 0.6 is 15.9 Å². The first-order chi connectivity index (χ1) is 7.02. The molecule has 4 heteroatoms. The van der Waals surface area contributed by atoms with Gasteiger partial charge in [-0.15, -0.1) is 0 Å². The van der Waals surface area contributed by atoms with Crippen LogP contribution in [-0.4, -0.2) is 31.2 Å². The van der Waals surface area contributed by atoms with Crippen molar-refractivity contribution in [3.8, 4) is 0 Å². The Hall–Kier alpha value is -1.16. The van der Waals surface area contributed by atoms with E-state index in [0.29, 0.717) is 5.56 Å². The van der Waals surface area contributed by atoms with E-state index in [4.69, 9.17) is 0 Å². The lowest BCUT2D eigenvalue weighted by Gasteiger charge is -2.04. The van der Waals surface area contributed by atoms with Gasteiger partial charge in [-0.25, -0.2) is 0 Å². The first-order valence-electron chi connectivity index (χ1n) is 4.52. The third-order valence-corrected chi connectivity index (χ3v) is 2.76. The van der Waals surface area contributed by atoms with E-state index in [2.05, 4.69) is 20.9 Å². The molecule has 0 unspecified atom stereocenters. The van der Waals surface area contributed by atoms with Crippen molar-refractivity contribution in [1.29, 1.82) is 0 Å². The summed E-state index contributed by atoms with van der Waals surface area (Å²) in [5.74, 6) is -0.220. The molecule has 0 fully saturated rings. The van der Waals surface area contributed by atoms with Crippen LogP contribution in [0.5, 0.6) is 0 Å². The van der Waals surface area contributed by atoms with Crippen LogP contribution in [0.1, 0.15) is 15.9 Å². The van der Waals surface area contributed by atoms with E-state index in [1.165, 1.54) is 6.34 Å². The minimum Gasteiger partial charge on any atom is -0.369 e. The van der Waals surface area contributed by atoms with Crippen LogP contribution < -0.4 is 0 Å². The molecule has 80 valence electrons. The fourth-order valence-electron chi connectivity index (χ4n) is 1.08. The summed E-state index contributed by atoms with van der Waals surface area (Å²) in [4.78, 5) is 17.2. The quantitative estimate of drug-likeness (QED) is 0.610. The topological polar surface area (TPSA) is 32.7 Å². The summed E-state index contributed by atoms with van der Waals surface area (Å²) < 4.78 is 0.924. The van der Waals surface area contributed by atoms with Crippen LogP contribution in [-0.2, 0) is 0 Å². The van der Waals surface area contributed by atoms with Gasteiger partial charge >= 0.3 is 0 Å². The smallest absolute Gasteiger partial charge is 0.278 e. The lowest BCUT2D eigenvalue weighted by Crippen LogP contribution is -2.10. The van der Waals surface area contributed by atoms with Gasteiger partial charge in [0.1, 0.15) is 0 Å². The van der Waals surface area contributed by atoms with Gasteiger partial charge in [-0.05, 0) is 24.6 Å². The van der Waals surface area contributed by atoms with Gasteiger partial charge in [0.15, 0.2) is 0 Å². The second kappa shape index (κ2) is 5.07. The lowest BCUT2D eigenvalue weighted by atomic mass is 10.1. The normalized spacial score (nSPS) is 10.7. The van der Waals surface area contributed by atoms with Gasteiger partial charge in [0.25, 0.3) is 5.91 Å². The molecule has 0 radical (unpaired) electrons. The number of carbonyl (C=O) groups excluding carboxylic acids is 1. The Kier molecular flexibility index (Phi) is 4.03. The third kappa shape index (κ3) is 3.16. The Labute approximate surface area is 97.9 Å². The molecular weight excluding hydrogens is 256 g/mol. The van der Waals surface area contributed by atoms with Crippen molar-refractivity contribution in [3.05, 3.63) is 33.8 Å². The predicted molar refractivity (Wildman–Crippen MR) is 65.4 cm³/mol. The molecule has 0 saturated carbocycles.